The van der Waals surface area contributed by atoms with Gasteiger partial charge in [-0.25, -0.2) is 0 Å². The zero-order valence-electron chi connectivity index (χ0n) is 21.0. The van der Waals surface area contributed by atoms with Crippen molar-refractivity contribution in [1.29, 1.82) is 0 Å². The van der Waals surface area contributed by atoms with E-state index in [9.17, 15) is 10.2 Å². The molecule has 0 saturated carbocycles. The number of aliphatic hydroxyl groups excluding tert-OH is 2. The average molecular weight is 546 g/mol. The van der Waals surface area contributed by atoms with Gasteiger partial charge in [0.15, 0.2) is 0 Å². The van der Waals surface area contributed by atoms with Gasteiger partial charge in [0.25, 0.3) is 0 Å². The van der Waals surface area contributed by atoms with Crippen LogP contribution in [0.1, 0.15) is 36.7 Å². The number of hydrogen-bond acceptors (Lipinski definition) is 7. The first-order valence-electron chi connectivity index (χ1n) is 12.3. The van der Waals surface area contributed by atoms with Crippen LogP contribution in [0, 0.1) is 0 Å². The molecule has 2 aromatic carbocycles. The van der Waals surface area contributed by atoms with E-state index >= 15 is 0 Å². The highest BCUT2D eigenvalue weighted by Gasteiger charge is 2.37. The van der Waals surface area contributed by atoms with Crippen molar-refractivity contribution >= 4 is 28.9 Å². The van der Waals surface area contributed by atoms with Gasteiger partial charge in [-0.15, -0.1) is 0 Å². The molecular weight excluding hydrogens is 513 g/mol. The molecular formula is C28H33Cl2N3O4. The summed E-state index contributed by atoms with van der Waals surface area (Å²) in [6, 6.07) is 17.0. The van der Waals surface area contributed by atoms with Gasteiger partial charge in [0.05, 0.1) is 35.7 Å². The van der Waals surface area contributed by atoms with E-state index in [0.29, 0.717) is 46.7 Å². The van der Waals surface area contributed by atoms with Crippen molar-refractivity contribution in [3.63, 3.8) is 0 Å². The topological polar surface area (TPSA) is 89.3 Å². The number of aliphatic hydroxyl groups is 3. The maximum atomic E-state index is 11.4. The van der Waals surface area contributed by atoms with Crippen LogP contribution in [0.25, 0.3) is 0 Å². The van der Waals surface area contributed by atoms with Gasteiger partial charge in [0.2, 0.25) is 0 Å². The molecule has 0 amide bonds. The number of ether oxygens (including phenoxy) is 1. The Morgan fingerprint density at radius 1 is 1.05 bits per heavy atom. The Labute approximate surface area is 227 Å². The molecule has 0 bridgehead atoms. The predicted molar refractivity (Wildman–Crippen MR) is 146 cm³/mol. The molecule has 198 valence electrons. The lowest BCUT2D eigenvalue weighted by Gasteiger charge is -2.49. The number of benzene rings is 2. The van der Waals surface area contributed by atoms with Crippen LogP contribution in [-0.4, -0.2) is 64.1 Å². The van der Waals surface area contributed by atoms with E-state index in [1.165, 1.54) is 0 Å². The van der Waals surface area contributed by atoms with Crippen LogP contribution < -0.4 is 9.64 Å². The normalized spacial score (nSPS) is 20.0. The Bertz CT molecular complexity index is 1180. The fourth-order valence-corrected chi connectivity index (χ4v) is 5.37. The molecule has 0 radical (unpaired) electrons. The van der Waals surface area contributed by atoms with Crippen molar-refractivity contribution in [3.8, 4) is 5.75 Å². The maximum Gasteiger partial charge on any atom is 0.121 e. The summed E-state index contributed by atoms with van der Waals surface area (Å²) in [7, 11) is 0. The zero-order chi connectivity index (χ0) is 26.6. The third kappa shape index (κ3) is 6.55. The Morgan fingerprint density at radius 3 is 2.43 bits per heavy atom. The third-order valence-corrected chi connectivity index (χ3v) is 7.27. The highest BCUT2D eigenvalue weighted by Crippen LogP contribution is 2.40. The summed E-state index contributed by atoms with van der Waals surface area (Å²) in [5.74, 6) is 0.606. The van der Waals surface area contributed by atoms with Gasteiger partial charge in [-0.3, -0.25) is 9.88 Å². The fourth-order valence-electron chi connectivity index (χ4n) is 4.97. The van der Waals surface area contributed by atoms with Crippen LogP contribution in [0.4, 0.5) is 5.69 Å². The van der Waals surface area contributed by atoms with E-state index in [-0.39, 0.29) is 31.9 Å². The monoisotopic (exact) mass is 545 g/mol. The van der Waals surface area contributed by atoms with E-state index < -0.39 is 5.60 Å². The Balaban J connectivity index is 1.62. The summed E-state index contributed by atoms with van der Waals surface area (Å²) in [5.41, 5.74) is 2.11. The van der Waals surface area contributed by atoms with Crippen LogP contribution in [0.15, 0.2) is 60.8 Å². The number of nitrogens with zero attached hydrogens (tertiary/aromatic N) is 3. The lowest BCUT2D eigenvalue weighted by Crippen LogP contribution is -2.56. The fraction of sp³-hybridized carbons (Fsp3) is 0.393. The lowest BCUT2D eigenvalue weighted by molar-refractivity contribution is 0.00606. The summed E-state index contributed by atoms with van der Waals surface area (Å²) in [6.45, 7) is 5.72. The second-order valence-electron chi connectivity index (χ2n) is 9.67. The van der Waals surface area contributed by atoms with Crippen molar-refractivity contribution in [2.45, 2.75) is 38.1 Å². The van der Waals surface area contributed by atoms with Gasteiger partial charge < -0.3 is 25.0 Å². The minimum Gasteiger partial charge on any atom is -0.491 e. The van der Waals surface area contributed by atoms with E-state index in [0.717, 1.165) is 11.3 Å². The first kappa shape index (κ1) is 27.6. The number of anilines is 1. The van der Waals surface area contributed by atoms with E-state index in [4.69, 9.17) is 33.0 Å². The van der Waals surface area contributed by atoms with Gasteiger partial charge in [-0.2, -0.15) is 0 Å². The smallest absolute Gasteiger partial charge is 0.121 e. The standard InChI is InChI=1S/C28H33Cl2N3O4/c1-19-15-32(18-28(2,36)21-5-8-23(17-35)31-14-21)16-27(20-3-6-22(29)7-4-20)33(19)26-10-9-24(13-25(26)30)37-12-11-34/h3-10,13-14,19,27,34-36H,11-12,15-18H2,1-2H3/t19-,27+,28-/m1/s1. The molecule has 2 heterocycles. The molecule has 1 saturated heterocycles. The van der Waals surface area contributed by atoms with Crippen molar-refractivity contribution in [3.05, 3.63) is 87.7 Å². The number of pyridine rings is 1. The van der Waals surface area contributed by atoms with Crippen LogP contribution in [0.3, 0.4) is 0 Å². The van der Waals surface area contributed by atoms with Crippen molar-refractivity contribution in [2.75, 3.05) is 37.7 Å². The lowest BCUT2D eigenvalue weighted by atomic mass is 9.93. The third-order valence-electron chi connectivity index (χ3n) is 6.72. The Morgan fingerprint density at radius 2 is 1.81 bits per heavy atom. The second kappa shape index (κ2) is 12.0. The molecule has 1 aromatic heterocycles. The highest BCUT2D eigenvalue weighted by molar-refractivity contribution is 6.33. The minimum atomic E-state index is -1.13. The van der Waals surface area contributed by atoms with E-state index in [2.05, 4.69) is 21.7 Å². The van der Waals surface area contributed by atoms with Crippen LogP contribution in [0.2, 0.25) is 10.0 Å². The maximum absolute atomic E-state index is 11.4. The molecule has 3 aromatic rings. The number of piperazine rings is 1. The molecule has 0 aliphatic carbocycles. The average Bonchev–Trinajstić information content (AvgIpc) is 2.88. The highest BCUT2D eigenvalue weighted by atomic mass is 35.5. The molecule has 0 spiro atoms. The second-order valence-corrected chi connectivity index (χ2v) is 10.5. The molecule has 0 unspecified atom stereocenters. The van der Waals surface area contributed by atoms with Gasteiger partial charge in [0.1, 0.15) is 18.0 Å². The first-order chi connectivity index (χ1) is 17.7. The molecule has 7 nitrogen and oxygen atoms in total. The Kier molecular flexibility index (Phi) is 8.95. The molecule has 9 heteroatoms. The minimum absolute atomic E-state index is 0.0478. The number of rotatable bonds is 9. The summed E-state index contributed by atoms with van der Waals surface area (Å²) in [5, 5.41) is 31.0. The van der Waals surface area contributed by atoms with Crippen LogP contribution in [-0.2, 0) is 12.2 Å². The van der Waals surface area contributed by atoms with Gasteiger partial charge in [-0.05, 0) is 49.7 Å². The molecule has 37 heavy (non-hydrogen) atoms. The quantitative estimate of drug-likeness (QED) is 0.367. The van der Waals surface area contributed by atoms with E-state index in [1.807, 2.05) is 42.5 Å². The first-order valence-corrected chi connectivity index (χ1v) is 13.1. The summed E-state index contributed by atoms with van der Waals surface area (Å²) >= 11 is 12.9. The molecule has 3 atom stereocenters. The van der Waals surface area contributed by atoms with Gasteiger partial charge in [0, 0.05) is 48.5 Å². The van der Waals surface area contributed by atoms with E-state index in [1.54, 1.807) is 25.3 Å². The van der Waals surface area contributed by atoms with Gasteiger partial charge >= 0.3 is 0 Å². The number of hydrogen-bond donors (Lipinski definition) is 3. The summed E-state index contributed by atoms with van der Waals surface area (Å²) in [4.78, 5) is 8.81. The van der Waals surface area contributed by atoms with Crippen molar-refractivity contribution in [2.24, 2.45) is 0 Å². The van der Waals surface area contributed by atoms with Crippen molar-refractivity contribution < 1.29 is 20.1 Å². The molecule has 1 aliphatic rings. The largest absolute Gasteiger partial charge is 0.491 e. The van der Waals surface area contributed by atoms with Gasteiger partial charge in [-0.1, -0.05) is 41.4 Å². The zero-order valence-corrected chi connectivity index (χ0v) is 22.5. The number of β-amino-alcohol motifs (C(OH)–C–C–N with tert-alkyl or cyclic N) is 1. The SMILES string of the molecule is C[C@@H]1CN(C[C@@](C)(O)c2ccc(CO)nc2)C[C@@H](c2ccc(Cl)cc2)N1c1ccc(OCCO)cc1Cl. The predicted octanol–water partition coefficient (Wildman–Crippen LogP) is 4.41. The summed E-state index contributed by atoms with van der Waals surface area (Å²) < 4.78 is 5.54. The molecule has 3 N–H and O–H groups in total. The molecule has 1 fully saturated rings. The summed E-state index contributed by atoms with van der Waals surface area (Å²) in [6.07, 6.45) is 1.63. The molecule has 1 aliphatic heterocycles. The van der Waals surface area contributed by atoms with Crippen LogP contribution >= 0.6 is 23.2 Å². The number of aromatic nitrogens is 1. The molecule has 4 rings (SSSR count). The Hall–Kier alpha value is -2.39. The number of halogens is 2. The van der Waals surface area contributed by atoms with Crippen LogP contribution in [0.5, 0.6) is 5.75 Å². The van der Waals surface area contributed by atoms with Crippen molar-refractivity contribution in [1.82, 2.24) is 9.88 Å².